The first-order valence-electron chi connectivity index (χ1n) is 6.48. The second-order valence-electron chi connectivity index (χ2n) is 4.69. The molecule has 0 atom stereocenters. The number of thiophene rings is 1. The van der Waals surface area contributed by atoms with Crippen LogP contribution in [-0.4, -0.2) is 9.97 Å². The SMILES string of the molecule is c1csc(-c2ccc3cc(-c4ncc[nH]4)ccc3c2)c1. The van der Waals surface area contributed by atoms with Crippen LogP contribution < -0.4 is 0 Å². The molecular formula is C17H12N2S. The molecule has 20 heavy (non-hydrogen) atoms. The Morgan fingerprint density at radius 1 is 0.900 bits per heavy atom. The van der Waals surface area contributed by atoms with Gasteiger partial charge in [-0.15, -0.1) is 11.3 Å². The van der Waals surface area contributed by atoms with Crippen LogP contribution in [0.1, 0.15) is 0 Å². The average molecular weight is 276 g/mol. The van der Waals surface area contributed by atoms with E-state index in [0.717, 1.165) is 11.4 Å². The fourth-order valence-corrected chi connectivity index (χ4v) is 3.14. The molecule has 1 N–H and O–H groups in total. The molecule has 2 nitrogen and oxygen atoms in total. The smallest absolute Gasteiger partial charge is 0.137 e. The van der Waals surface area contributed by atoms with Crippen molar-refractivity contribution >= 4 is 22.1 Å². The summed E-state index contributed by atoms with van der Waals surface area (Å²) in [7, 11) is 0. The number of nitrogens with zero attached hydrogens (tertiary/aromatic N) is 1. The molecule has 0 saturated heterocycles. The zero-order valence-electron chi connectivity index (χ0n) is 10.7. The van der Waals surface area contributed by atoms with Crippen LogP contribution in [0.15, 0.2) is 66.3 Å². The van der Waals surface area contributed by atoms with E-state index in [2.05, 4.69) is 63.9 Å². The van der Waals surface area contributed by atoms with Gasteiger partial charge in [-0.3, -0.25) is 0 Å². The molecule has 0 bridgehead atoms. The third-order valence-corrected chi connectivity index (χ3v) is 4.34. The third kappa shape index (κ3) is 1.92. The summed E-state index contributed by atoms with van der Waals surface area (Å²) in [4.78, 5) is 8.75. The summed E-state index contributed by atoms with van der Waals surface area (Å²) in [5.41, 5.74) is 2.39. The Labute approximate surface area is 120 Å². The number of imidazole rings is 1. The van der Waals surface area contributed by atoms with Gasteiger partial charge in [0.05, 0.1) is 0 Å². The van der Waals surface area contributed by atoms with Gasteiger partial charge in [0.1, 0.15) is 5.82 Å². The van der Waals surface area contributed by atoms with Crippen molar-refractivity contribution in [1.29, 1.82) is 0 Å². The van der Waals surface area contributed by atoms with Crippen molar-refractivity contribution in [3.05, 3.63) is 66.3 Å². The molecule has 0 spiro atoms. The first kappa shape index (κ1) is 11.4. The van der Waals surface area contributed by atoms with Gasteiger partial charge >= 0.3 is 0 Å². The summed E-state index contributed by atoms with van der Waals surface area (Å²) in [5, 5.41) is 4.60. The number of H-pyrrole nitrogens is 1. The van der Waals surface area contributed by atoms with Gasteiger partial charge in [-0.2, -0.15) is 0 Å². The number of rotatable bonds is 2. The second-order valence-corrected chi connectivity index (χ2v) is 5.64. The molecular weight excluding hydrogens is 264 g/mol. The molecule has 0 saturated carbocycles. The minimum atomic E-state index is 0.911. The average Bonchev–Trinajstić information content (AvgIpc) is 3.19. The molecule has 96 valence electrons. The second kappa shape index (κ2) is 4.62. The largest absolute Gasteiger partial charge is 0.345 e. The summed E-state index contributed by atoms with van der Waals surface area (Å²) in [5.74, 6) is 0.911. The minimum Gasteiger partial charge on any atom is -0.345 e. The number of fused-ring (bicyclic) bond motifs is 1. The maximum absolute atomic E-state index is 4.30. The van der Waals surface area contributed by atoms with E-state index < -0.39 is 0 Å². The van der Waals surface area contributed by atoms with E-state index in [1.165, 1.54) is 21.2 Å². The van der Waals surface area contributed by atoms with Gasteiger partial charge in [0.25, 0.3) is 0 Å². The predicted octanol–water partition coefficient (Wildman–Crippen LogP) is 4.96. The Bertz CT molecular complexity index is 772. The quantitative estimate of drug-likeness (QED) is 0.551. The lowest BCUT2D eigenvalue weighted by molar-refractivity contribution is 1.31. The minimum absolute atomic E-state index is 0.911. The highest BCUT2D eigenvalue weighted by Crippen LogP contribution is 2.29. The lowest BCUT2D eigenvalue weighted by atomic mass is 10.0. The van der Waals surface area contributed by atoms with Gasteiger partial charge < -0.3 is 4.98 Å². The standard InChI is InChI=1S/C17H12N2S/c1-2-16(20-9-1)14-5-3-13-11-15(6-4-12(13)10-14)17-18-7-8-19-17/h1-11H,(H,18,19). The summed E-state index contributed by atoms with van der Waals surface area (Å²) < 4.78 is 0. The summed E-state index contributed by atoms with van der Waals surface area (Å²) in [6.45, 7) is 0. The Hall–Kier alpha value is -2.39. The Morgan fingerprint density at radius 2 is 1.70 bits per heavy atom. The normalized spacial score (nSPS) is 11.0. The van der Waals surface area contributed by atoms with E-state index in [1.807, 2.05) is 6.20 Å². The first-order valence-corrected chi connectivity index (χ1v) is 7.35. The molecule has 0 amide bonds. The zero-order chi connectivity index (χ0) is 13.4. The van der Waals surface area contributed by atoms with Crippen molar-refractivity contribution in [2.75, 3.05) is 0 Å². The van der Waals surface area contributed by atoms with Crippen molar-refractivity contribution in [3.63, 3.8) is 0 Å². The number of aromatic nitrogens is 2. The highest BCUT2D eigenvalue weighted by atomic mass is 32.1. The van der Waals surface area contributed by atoms with Crippen molar-refractivity contribution in [1.82, 2.24) is 9.97 Å². The Balaban J connectivity index is 1.83. The van der Waals surface area contributed by atoms with E-state index in [-0.39, 0.29) is 0 Å². The molecule has 2 heterocycles. The van der Waals surface area contributed by atoms with Crippen molar-refractivity contribution in [2.45, 2.75) is 0 Å². The van der Waals surface area contributed by atoms with Crippen LogP contribution in [0.5, 0.6) is 0 Å². The first-order chi connectivity index (χ1) is 9.90. The third-order valence-electron chi connectivity index (χ3n) is 3.42. The molecule has 0 aliphatic heterocycles. The number of aromatic amines is 1. The fourth-order valence-electron chi connectivity index (χ4n) is 2.41. The van der Waals surface area contributed by atoms with E-state index in [4.69, 9.17) is 0 Å². The molecule has 2 aromatic carbocycles. The highest BCUT2D eigenvalue weighted by molar-refractivity contribution is 7.13. The van der Waals surface area contributed by atoms with E-state index in [1.54, 1.807) is 17.5 Å². The van der Waals surface area contributed by atoms with Gasteiger partial charge in [-0.05, 0) is 39.9 Å². The van der Waals surface area contributed by atoms with Crippen LogP contribution in [0, 0.1) is 0 Å². The van der Waals surface area contributed by atoms with E-state index in [9.17, 15) is 0 Å². The summed E-state index contributed by atoms with van der Waals surface area (Å²) in [6, 6.07) is 17.3. The van der Waals surface area contributed by atoms with Crippen LogP contribution in [0.2, 0.25) is 0 Å². The van der Waals surface area contributed by atoms with Gasteiger partial charge in [-0.25, -0.2) is 4.98 Å². The number of hydrogen-bond acceptors (Lipinski definition) is 2. The molecule has 0 aliphatic carbocycles. The molecule has 3 heteroatoms. The molecule has 0 unspecified atom stereocenters. The number of benzene rings is 2. The van der Waals surface area contributed by atoms with Gasteiger partial charge in [0.2, 0.25) is 0 Å². The topological polar surface area (TPSA) is 28.7 Å². The number of nitrogens with one attached hydrogen (secondary N) is 1. The van der Waals surface area contributed by atoms with Crippen LogP contribution >= 0.6 is 11.3 Å². The van der Waals surface area contributed by atoms with Crippen molar-refractivity contribution in [3.8, 4) is 21.8 Å². The monoisotopic (exact) mass is 276 g/mol. The lowest BCUT2D eigenvalue weighted by Crippen LogP contribution is -1.82. The van der Waals surface area contributed by atoms with Crippen LogP contribution in [0.25, 0.3) is 32.6 Å². The van der Waals surface area contributed by atoms with Crippen LogP contribution in [0.4, 0.5) is 0 Å². The molecule has 0 aliphatic rings. The van der Waals surface area contributed by atoms with E-state index >= 15 is 0 Å². The van der Waals surface area contributed by atoms with Gasteiger partial charge in [-0.1, -0.05) is 30.3 Å². The molecule has 4 aromatic rings. The molecule has 4 rings (SSSR count). The number of hydrogen-bond donors (Lipinski definition) is 1. The van der Waals surface area contributed by atoms with Gasteiger partial charge in [0.15, 0.2) is 0 Å². The molecule has 0 fully saturated rings. The van der Waals surface area contributed by atoms with Gasteiger partial charge in [0, 0.05) is 22.8 Å². The molecule has 0 radical (unpaired) electrons. The zero-order valence-corrected chi connectivity index (χ0v) is 11.5. The maximum atomic E-state index is 4.30. The van der Waals surface area contributed by atoms with E-state index in [0.29, 0.717) is 0 Å². The summed E-state index contributed by atoms with van der Waals surface area (Å²) >= 11 is 1.77. The highest BCUT2D eigenvalue weighted by Gasteiger charge is 2.04. The Morgan fingerprint density at radius 3 is 2.40 bits per heavy atom. The lowest BCUT2D eigenvalue weighted by Gasteiger charge is -2.04. The Kier molecular flexibility index (Phi) is 2.64. The predicted molar refractivity (Wildman–Crippen MR) is 84.8 cm³/mol. The van der Waals surface area contributed by atoms with Crippen molar-refractivity contribution in [2.24, 2.45) is 0 Å². The molecule has 2 aromatic heterocycles. The van der Waals surface area contributed by atoms with Crippen molar-refractivity contribution < 1.29 is 0 Å². The van der Waals surface area contributed by atoms with Crippen LogP contribution in [-0.2, 0) is 0 Å². The maximum Gasteiger partial charge on any atom is 0.137 e. The summed E-state index contributed by atoms with van der Waals surface area (Å²) in [6.07, 6.45) is 3.62. The fraction of sp³-hybridized carbons (Fsp3) is 0. The van der Waals surface area contributed by atoms with Crippen LogP contribution in [0.3, 0.4) is 0 Å².